The molecule has 0 aliphatic carbocycles. The van der Waals surface area contributed by atoms with Crippen molar-refractivity contribution in [3.63, 3.8) is 0 Å². The lowest BCUT2D eigenvalue weighted by molar-refractivity contribution is 0.629. The second-order valence-electron chi connectivity index (χ2n) is 5.99. The number of imidazole rings is 1. The highest BCUT2D eigenvalue weighted by Crippen LogP contribution is 2.20. The average molecular weight is 335 g/mol. The molecule has 2 heterocycles. The van der Waals surface area contributed by atoms with Crippen molar-refractivity contribution in [3.8, 4) is 0 Å². The van der Waals surface area contributed by atoms with E-state index in [-0.39, 0.29) is 5.82 Å². The Bertz CT molecular complexity index is 1040. The summed E-state index contributed by atoms with van der Waals surface area (Å²) in [6.45, 7) is 0.728. The summed E-state index contributed by atoms with van der Waals surface area (Å²) in [5.41, 5.74) is 2.89. The quantitative estimate of drug-likeness (QED) is 0.565. The molecule has 0 aliphatic rings. The molecule has 0 radical (unpaired) electrons. The van der Waals surface area contributed by atoms with Crippen molar-refractivity contribution in [2.75, 3.05) is 11.9 Å². The van der Waals surface area contributed by atoms with Crippen molar-refractivity contribution in [1.29, 1.82) is 0 Å². The van der Waals surface area contributed by atoms with Crippen LogP contribution in [0.2, 0.25) is 0 Å². The highest BCUT2D eigenvalue weighted by molar-refractivity contribution is 5.88. The molecule has 0 amide bonds. The number of fused-ring (bicyclic) bond motifs is 2. The van der Waals surface area contributed by atoms with Crippen molar-refractivity contribution < 1.29 is 4.39 Å². The van der Waals surface area contributed by atoms with Gasteiger partial charge in [-0.2, -0.15) is 0 Å². The van der Waals surface area contributed by atoms with Crippen LogP contribution in [0.15, 0.2) is 48.8 Å². The Labute approximate surface area is 144 Å². The number of para-hydroxylation sites is 2. The average Bonchev–Trinajstić information content (AvgIpc) is 2.95. The van der Waals surface area contributed by atoms with Gasteiger partial charge in [-0.3, -0.25) is 0 Å². The molecule has 2 aromatic heterocycles. The molecule has 0 atom stereocenters. The number of rotatable bonds is 5. The summed E-state index contributed by atoms with van der Waals surface area (Å²) >= 11 is 0. The Balaban J connectivity index is 1.44. The van der Waals surface area contributed by atoms with E-state index in [9.17, 15) is 4.39 Å². The van der Waals surface area contributed by atoms with Crippen LogP contribution in [0.25, 0.3) is 21.9 Å². The zero-order chi connectivity index (χ0) is 17.2. The predicted molar refractivity (Wildman–Crippen MR) is 97.0 cm³/mol. The molecule has 126 valence electrons. The number of aromatic nitrogens is 4. The van der Waals surface area contributed by atoms with Crippen LogP contribution in [0.4, 0.5) is 10.2 Å². The molecular formula is C19H18FN5. The molecule has 4 rings (SSSR count). The molecule has 2 aromatic carbocycles. The van der Waals surface area contributed by atoms with Gasteiger partial charge in [-0.05, 0) is 36.8 Å². The maximum Gasteiger partial charge on any atom is 0.137 e. The van der Waals surface area contributed by atoms with E-state index in [1.165, 1.54) is 18.5 Å². The fraction of sp³-hybridized carbons (Fsp3) is 0.211. The van der Waals surface area contributed by atoms with Gasteiger partial charge >= 0.3 is 0 Å². The summed E-state index contributed by atoms with van der Waals surface area (Å²) in [7, 11) is 2.04. The summed E-state index contributed by atoms with van der Waals surface area (Å²) in [5, 5.41) is 3.98. The van der Waals surface area contributed by atoms with Crippen LogP contribution in [0.5, 0.6) is 0 Å². The molecule has 0 bridgehead atoms. The Morgan fingerprint density at radius 3 is 2.84 bits per heavy atom. The van der Waals surface area contributed by atoms with Crippen molar-refractivity contribution in [2.45, 2.75) is 12.8 Å². The number of nitrogens with zero attached hydrogens (tertiary/aromatic N) is 4. The highest BCUT2D eigenvalue weighted by Gasteiger charge is 2.08. The van der Waals surface area contributed by atoms with Gasteiger partial charge < -0.3 is 9.88 Å². The third-order valence-electron chi connectivity index (χ3n) is 4.35. The minimum Gasteiger partial charge on any atom is -0.369 e. The lowest BCUT2D eigenvalue weighted by Crippen LogP contribution is -2.07. The van der Waals surface area contributed by atoms with E-state index in [0.29, 0.717) is 11.2 Å². The third-order valence-corrected chi connectivity index (χ3v) is 4.35. The molecule has 0 spiro atoms. The van der Waals surface area contributed by atoms with E-state index in [2.05, 4.69) is 30.9 Å². The van der Waals surface area contributed by atoms with Crippen molar-refractivity contribution >= 4 is 27.8 Å². The first-order valence-corrected chi connectivity index (χ1v) is 8.27. The number of hydrogen-bond donors (Lipinski definition) is 1. The Morgan fingerprint density at radius 2 is 1.96 bits per heavy atom. The molecule has 0 saturated carbocycles. The molecule has 4 aromatic rings. The second-order valence-corrected chi connectivity index (χ2v) is 5.99. The summed E-state index contributed by atoms with van der Waals surface area (Å²) in [6, 6.07) is 12.7. The molecule has 5 nitrogen and oxygen atoms in total. The van der Waals surface area contributed by atoms with Crippen LogP contribution < -0.4 is 5.32 Å². The zero-order valence-corrected chi connectivity index (χ0v) is 13.9. The summed E-state index contributed by atoms with van der Waals surface area (Å²) < 4.78 is 15.6. The van der Waals surface area contributed by atoms with Gasteiger partial charge in [0.15, 0.2) is 0 Å². The number of benzene rings is 2. The van der Waals surface area contributed by atoms with E-state index >= 15 is 0 Å². The van der Waals surface area contributed by atoms with Gasteiger partial charge in [0.1, 0.15) is 23.8 Å². The van der Waals surface area contributed by atoms with Crippen LogP contribution in [-0.4, -0.2) is 26.1 Å². The molecule has 0 fully saturated rings. The third kappa shape index (κ3) is 3.03. The first-order valence-electron chi connectivity index (χ1n) is 8.27. The maximum absolute atomic E-state index is 13.5. The van der Waals surface area contributed by atoms with E-state index in [0.717, 1.165) is 41.8 Å². The second kappa shape index (κ2) is 6.47. The Morgan fingerprint density at radius 1 is 1.08 bits per heavy atom. The predicted octanol–water partition coefficient (Wildman–Crippen LogP) is 3.70. The molecule has 25 heavy (non-hydrogen) atoms. The van der Waals surface area contributed by atoms with E-state index in [4.69, 9.17) is 0 Å². The molecule has 0 saturated heterocycles. The number of halogens is 1. The van der Waals surface area contributed by atoms with Crippen molar-refractivity contribution in [3.05, 3.63) is 60.4 Å². The lowest BCUT2D eigenvalue weighted by atomic mass is 10.2. The molecule has 6 heteroatoms. The number of nitrogens with one attached hydrogen (secondary N) is 1. The van der Waals surface area contributed by atoms with Gasteiger partial charge in [0.2, 0.25) is 0 Å². The van der Waals surface area contributed by atoms with Crippen LogP contribution in [0, 0.1) is 5.82 Å². The van der Waals surface area contributed by atoms with Crippen LogP contribution in [0.3, 0.4) is 0 Å². The van der Waals surface area contributed by atoms with Crippen LogP contribution in [0.1, 0.15) is 12.2 Å². The summed E-state index contributed by atoms with van der Waals surface area (Å²) in [6.07, 6.45) is 3.25. The number of hydrogen-bond acceptors (Lipinski definition) is 4. The Hall–Kier alpha value is -3.02. The SMILES string of the molecule is Cn1c(CCCNc2ncnc3ccc(F)cc23)nc2ccccc21. The first kappa shape index (κ1) is 15.5. The number of anilines is 1. The fourth-order valence-corrected chi connectivity index (χ4v) is 3.04. The smallest absolute Gasteiger partial charge is 0.137 e. The van der Waals surface area contributed by atoms with Gasteiger partial charge in [0, 0.05) is 25.4 Å². The molecular weight excluding hydrogens is 317 g/mol. The maximum atomic E-state index is 13.5. The van der Waals surface area contributed by atoms with Crippen molar-refractivity contribution in [1.82, 2.24) is 19.5 Å². The van der Waals surface area contributed by atoms with E-state index < -0.39 is 0 Å². The Kier molecular flexibility index (Phi) is 4.01. The zero-order valence-electron chi connectivity index (χ0n) is 13.9. The largest absolute Gasteiger partial charge is 0.369 e. The first-order chi connectivity index (χ1) is 12.2. The fourth-order valence-electron chi connectivity index (χ4n) is 3.04. The van der Waals surface area contributed by atoms with Crippen molar-refractivity contribution in [2.24, 2.45) is 7.05 Å². The lowest BCUT2D eigenvalue weighted by Gasteiger charge is -2.08. The van der Waals surface area contributed by atoms with E-state index in [1.54, 1.807) is 6.07 Å². The van der Waals surface area contributed by atoms with Gasteiger partial charge in [-0.1, -0.05) is 12.1 Å². The highest BCUT2D eigenvalue weighted by atomic mass is 19.1. The van der Waals surface area contributed by atoms with Gasteiger partial charge in [-0.25, -0.2) is 19.3 Å². The van der Waals surface area contributed by atoms with E-state index in [1.807, 2.05) is 25.2 Å². The minimum atomic E-state index is -0.287. The standard InChI is InChI=1S/C19H18FN5/c1-25-17-6-3-2-5-16(17)24-18(25)7-4-10-21-19-14-11-13(20)8-9-15(14)22-12-23-19/h2-3,5-6,8-9,11-12H,4,7,10H2,1H3,(H,21,22,23). The molecule has 0 unspecified atom stereocenters. The van der Waals surface area contributed by atoms with Gasteiger partial charge in [0.25, 0.3) is 0 Å². The molecule has 0 aliphatic heterocycles. The number of aryl methyl sites for hydroxylation is 2. The minimum absolute atomic E-state index is 0.287. The molecule has 1 N–H and O–H groups in total. The van der Waals surface area contributed by atoms with Gasteiger partial charge in [0.05, 0.1) is 16.6 Å². The van der Waals surface area contributed by atoms with Crippen LogP contribution in [-0.2, 0) is 13.5 Å². The monoisotopic (exact) mass is 335 g/mol. The normalized spacial score (nSPS) is 11.3. The van der Waals surface area contributed by atoms with Gasteiger partial charge in [-0.15, -0.1) is 0 Å². The topological polar surface area (TPSA) is 55.6 Å². The van der Waals surface area contributed by atoms with Crippen LogP contribution >= 0.6 is 0 Å². The summed E-state index contributed by atoms with van der Waals surface area (Å²) in [4.78, 5) is 13.1. The summed E-state index contributed by atoms with van der Waals surface area (Å²) in [5.74, 6) is 1.43.